The standard InChI is InChI=1S/C22H26ClN3O5S/c23-17-4-2-16-13-19(5-3-15(16)12-17)32(30,31)14-20(27)21(28)25-10-6-18(7-11-25)26-9-1-8-24-22(26)29/h2-5,12-13,18,20,27H,1,6-11,14H2,(H,24,29)/t20-/m0/s1. The molecule has 0 spiro atoms. The normalized spacial score (nSPS) is 19.1. The van der Waals surface area contributed by atoms with Gasteiger partial charge < -0.3 is 20.2 Å². The molecule has 4 rings (SSSR count). The first-order valence-electron chi connectivity index (χ1n) is 10.7. The van der Waals surface area contributed by atoms with Crippen molar-refractivity contribution in [3.63, 3.8) is 0 Å². The molecule has 0 bridgehead atoms. The third kappa shape index (κ3) is 4.84. The zero-order chi connectivity index (χ0) is 22.9. The molecule has 8 nitrogen and oxygen atoms in total. The van der Waals surface area contributed by atoms with Crippen molar-refractivity contribution >= 4 is 44.1 Å². The summed E-state index contributed by atoms with van der Waals surface area (Å²) in [6, 6.07) is 9.75. The van der Waals surface area contributed by atoms with Gasteiger partial charge in [-0.25, -0.2) is 13.2 Å². The number of benzene rings is 2. The highest BCUT2D eigenvalue weighted by Gasteiger charge is 2.34. The lowest BCUT2D eigenvalue weighted by Gasteiger charge is -2.40. The first kappa shape index (κ1) is 22.8. The molecule has 2 N–H and O–H groups in total. The molecule has 0 unspecified atom stereocenters. The number of aliphatic hydroxyl groups excluding tert-OH is 1. The number of urea groups is 1. The highest BCUT2D eigenvalue weighted by Crippen LogP contribution is 2.24. The van der Waals surface area contributed by atoms with E-state index in [9.17, 15) is 23.1 Å². The van der Waals surface area contributed by atoms with Crippen LogP contribution >= 0.6 is 11.6 Å². The maximum Gasteiger partial charge on any atom is 0.317 e. The Morgan fingerprint density at radius 2 is 1.81 bits per heavy atom. The van der Waals surface area contributed by atoms with E-state index in [1.807, 2.05) is 0 Å². The number of aliphatic hydroxyl groups is 1. The van der Waals surface area contributed by atoms with Gasteiger partial charge >= 0.3 is 6.03 Å². The second-order valence-corrected chi connectivity index (χ2v) is 10.8. The molecule has 2 aliphatic rings. The van der Waals surface area contributed by atoms with Crippen LogP contribution in [0.3, 0.4) is 0 Å². The highest BCUT2D eigenvalue weighted by atomic mass is 35.5. The third-order valence-electron chi connectivity index (χ3n) is 6.13. The van der Waals surface area contributed by atoms with Gasteiger partial charge in [0.05, 0.1) is 10.6 Å². The van der Waals surface area contributed by atoms with Crippen LogP contribution < -0.4 is 5.32 Å². The van der Waals surface area contributed by atoms with Crippen molar-refractivity contribution in [1.82, 2.24) is 15.1 Å². The Balaban J connectivity index is 1.38. The molecular formula is C22H26ClN3O5S. The lowest BCUT2D eigenvalue weighted by atomic mass is 10.0. The quantitative estimate of drug-likeness (QED) is 0.682. The average Bonchev–Trinajstić information content (AvgIpc) is 2.78. The molecule has 10 heteroatoms. The van der Waals surface area contributed by atoms with Gasteiger partial charge in [0.2, 0.25) is 0 Å². The Hall–Kier alpha value is -2.36. The zero-order valence-corrected chi connectivity index (χ0v) is 19.1. The maximum atomic E-state index is 12.8. The highest BCUT2D eigenvalue weighted by molar-refractivity contribution is 7.91. The number of likely N-dealkylation sites (tertiary alicyclic amines) is 1. The summed E-state index contributed by atoms with van der Waals surface area (Å²) < 4.78 is 25.7. The number of hydrogen-bond donors (Lipinski definition) is 2. The molecule has 2 saturated heterocycles. The van der Waals surface area contributed by atoms with Gasteiger partial charge in [0.1, 0.15) is 6.10 Å². The summed E-state index contributed by atoms with van der Waals surface area (Å²) in [7, 11) is -3.87. The van der Waals surface area contributed by atoms with E-state index >= 15 is 0 Å². The van der Waals surface area contributed by atoms with E-state index in [0.29, 0.717) is 49.4 Å². The van der Waals surface area contributed by atoms with Crippen LogP contribution in [0.4, 0.5) is 4.79 Å². The number of carbonyl (C=O) groups excluding carboxylic acids is 2. The van der Waals surface area contributed by atoms with Crippen LogP contribution in [0.1, 0.15) is 19.3 Å². The van der Waals surface area contributed by atoms with Crippen molar-refractivity contribution < 1.29 is 23.1 Å². The second-order valence-electron chi connectivity index (χ2n) is 8.29. The van der Waals surface area contributed by atoms with Gasteiger partial charge in [0, 0.05) is 37.2 Å². The Morgan fingerprint density at radius 3 is 2.53 bits per heavy atom. The molecular weight excluding hydrogens is 454 g/mol. The molecule has 0 saturated carbocycles. The minimum Gasteiger partial charge on any atom is -0.382 e. The first-order chi connectivity index (χ1) is 15.2. The van der Waals surface area contributed by atoms with Crippen LogP contribution in [0.2, 0.25) is 5.02 Å². The molecule has 2 heterocycles. The van der Waals surface area contributed by atoms with Gasteiger partial charge in [0.25, 0.3) is 5.91 Å². The van der Waals surface area contributed by atoms with Gasteiger partial charge in [-0.05, 0) is 54.3 Å². The van der Waals surface area contributed by atoms with E-state index in [1.165, 1.54) is 17.0 Å². The summed E-state index contributed by atoms with van der Waals surface area (Å²) in [5.74, 6) is -1.28. The summed E-state index contributed by atoms with van der Waals surface area (Å²) in [6.45, 7) is 2.13. The largest absolute Gasteiger partial charge is 0.382 e. The van der Waals surface area contributed by atoms with Crippen LogP contribution in [0, 0.1) is 0 Å². The number of amides is 3. The van der Waals surface area contributed by atoms with Gasteiger partial charge in [-0.15, -0.1) is 0 Å². The molecule has 2 aliphatic heterocycles. The van der Waals surface area contributed by atoms with Crippen molar-refractivity contribution in [3.05, 3.63) is 41.4 Å². The summed E-state index contributed by atoms with van der Waals surface area (Å²) in [5.41, 5.74) is 0. The SMILES string of the molecule is O=C([C@@H](O)CS(=O)(=O)c1ccc2cc(Cl)ccc2c1)N1CCC(N2CCCNC2=O)CC1. The predicted molar refractivity (Wildman–Crippen MR) is 121 cm³/mol. The molecule has 1 atom stereocenters. The van der Waals surface area contributed by atoms with E-state index in [-0.39, 0.29) is 17.0 Å². The Kier molecular flexibility index (Phi) is 6.60. The van der Waals surface area contributed by atoms with E-state index in [4.69, 9.17) is 11.6 Å². The summed E-state index contributed by atoms with van der Waals surface area (Å²) in [5, 5.41) is 15.3. The van der Waals surface area contributed by atoms with Crippen molar-refractivity contribution in [3.8, 4) is 0 Å². The van der Waals surface area contributed by atoms with Gasteiger partial charge in [-0.3, -0.25) is 4.79 Å². The van der Waals surface area contributed by atoms with Crippen molar-refractivity contribution in [2.45, 2.75) is 36.3 Å². The summed E-state index contributed by atoms with van der Waals surface area (Å²) in [6.07, 6.45) is 0.455. The fraction of sp³-hybridized carbons (Fsp3) is 0.455. The number of carbonyl (C=O) groups is 2. The van der Waals surface area contributed by atoms with Crippen LogP contribution in [0.25, 0.3) is 10.8 Å². The molecule has 32 heavy (non-hydrogen) atoms. The van der Waals surface area contributed by atoms with E-state index in [0.717, 1.165) is 11.8 Å². The zero-order valence-electron chi connectivity index (χ0n) is 17.5. The number of piperidine rings is 1. The fourth-order valence-electron chi connectivity index (χ4n) is 4.37. The predicted octanol–water partition coefficient (Wildman–Crippen LogP) is 2.03. The van der Waals surface area contributed by atoms with Crippen LogP contribution in [0.15, 0.2) is 41.3 Å². The maximum absolute atomic E-state index is 12.8. The number of fused-ring (bicyclic) bond motifs is 1. The molecule has 0 radical (unpaired) electrons. The Morgan fingerprint density at radius 1 is 1.12 bits per heavy atom. The van der Waals surface area contributed by atoms with E-state index in [1.54, 1.807) is 29.2 Å². The smallest absolute Gasteiger partial charge is 0.317 e. The number of nitrogens with one attached hydrogen (secondary N) is 1. The van der Waals surface area contributed by atoms with E-state index in [2.05, 4.69) is 5.32 Å². The summed E-state index contributed by atoms with van der Waals surface area (Å²) in [4.78, 5) is 28.1. The average molecular weight is 480 g/mol. The lowest BCUT2D eigenvalue weighted by molar-refractivity contribution is -0.140. The topological polar surface area (TPSA) is 107 Å². The van der Waals surface area contributed by atoms with Crippen LogP contribution in [-0.2, 0) is 14.6 Å². The molecule has 172 valence electrons. The Labute approximate surface area is 192 Å². The fourth-order valence-corrected chi connectivity index (χ4v) is 5.88. The Bertz CT molecular complexity index is 1130. The molecule has 0 aliphatic carbocycles. The molecule has 0 aromatic heterocycles. The molecule has 2 fully saturated rings. The lowest BCUT2D eigenvalue weighted by Crippen LogP contribution is -2.55. The van der Waals surface area contributed by atoms with Gasteiger partial charge in [-0.1, -0.05) is 23.7 Å². The first-order valence-corrected chi connectivity index (χ1v) is 12.7. The number of sulfone groups is 1. The van der Waals surface area contributed by atoms with Crippen molar-refractivity contribution in [1.29, 1.82) is 0 Å². The molecule has 2 aromatic rings. The number of rotatable bonds is 5. The summed E-state index contributed by atoms with van der Waals surface area (Å²) >= 11 is 5.97. The van der Waals surface area contributed by atoms with Crippen molar-refractivity contribution in [2.75, 3.05) is 31.9 Å². The van der Waals surface area contributed by atoms with Gasteiger partial charge in [-0.2, -0.15) is 0 Å². The number of hydrogen-bond acceptors (Lipinski definition) is 5. The van der Waals surface area contributed by atoms with E-state index < -0.39 is 27.6 Å². The monoisotopic (exact) mass is 479 g/mol. The van der Waals surface area contributed by atoms with Crippen LogP contribution in [0.5, 0.6) is 0 Å². The van der Waals surface area contributed by atoms with Crippen LogP contribution in [-0.4, -0.2) is 79.3 Å². The molecule has 3 amide bonds. The van der Waals surface area contributed by atoms with Gasteiger partial charge in [0.15, 0.2) is 9.84 Å². The number of nitrogens with zero attached hydrogens (tertiary/aromatic N) is 2. The second kappa shape index (κ2) is 9.25. The van der Waals surface area contributed by atoms with Crippen molar-refractivity contribution in [2.24, 2.45) is 0 Å². The molecule has 2 aromatic carbocycles. The third-order valence-corrected chi connectivity index (χ3v) is 8.09. The minimum atomic E-state index is -3.87. The minimum absolute atomic E-state index is 0.0475. The number of halogens is 1.